The number of allylic oxidation sites excluding steroid dienone is 1. The minimum absolute atomic E-state index is 0.0331. The van der Waals surface area contributed by atoms with Crippen molar-refractivity contribution in [2.24, 2.45) is 5.16 Å². The molecular weight excluding hydrogens is 478 g/mol. The summed E-state index contributed by atoms with van der Waals surface area (Å²) in [6.07, 6.45) is 1.29. The lowest BCUT2D eigenvalue weighted by Gasteiger charge is -2.49. The molecule has 0 aromatic carbocycles. The average molecular weight is 496 g/mol. The van der Waals surface area contributed by atoms with Crippen LogP contribution >= 0.6 is 35.1 Å². The van der Waals surface area contributed by atoms with Gasteiger partial charge < -0.3 is 21.0 Å². The summed E-state index contributed by atoms with van der Waals surface area (Å²) in [6, 6.07) is 0.908. The van der Waals surface area contributed by atoms with Crippen LogP contribution in [0.5, 0.6) is 0 Å². The van der Waals surface area contributed by atoms with Crippen molar-refractivity contribution in [1.82, 2.24) is 19.6 Å². The van der Waals surface area contributed by atoms with Crippen LogP contribution < -0.4 is 11.1 Å². The minimum atomic E-state index is -1.23. The smallest absolute Gasteiger partial charge is 0.352 e. The van der Waals surface area contributed by atoms with E-state index in [9.17, 15) is 19.5 Å². The Morgan fingerprint density at radius 3 is 2.97 bits per heavy atom. The second kappa shape index (κ2) is 10.5. The Bertz CT molecular complexity index is 1060. The van der Waals surface area contributed by atoms with Gasteiger partial charge in [0.1, 0.15) is 23.7 Å². The number of nitrogens with one attached hydrogen (secondary N) is 1. The molecule has 12 nitrogen and oxygen atoms in total. The van der Waals surface area contributed by atoms with Crippen LogP contribution in [0, 0.1) is 11.3 Å². The maximum atomic E-state index is 12.8. The molecule has 32 heavy (non-hydrogen) atoms. The van der Waals surface area contributed by atoms with E-state index in [4.69, 9.17) is 15.8 Å². The van der Waals surface area contributed by atoms with Gasteiger partial charge in [0.05, 0.1) is 6.07 Å². The predicted octanol–water partition coefficient (Wildman–Crippen LogP) is 0.370. The Kier molecular flexibility index (Phi) is 7.72. The highest BCUT2D eigenvalue weighted by Crippen LogP contribution is 2.41. The summed E-state index contributed by atoms with van der Waals surface area (Å²) in [5, 5.41) is 25.6. The Morgan fingerprint density at radius 2 is 2.34 bits per heavy atom. The SMILES string of the molecule is CCON=C(C(=O)NC1C(=O)N2C(C(=O)O)=C(CSC=CC#N)CS[C@@H]12)c1nsc(N)n1. The zero-order chi connectivity index (χ0) is 23.3. The number of thioether (sulfide) groups is 2. The van der Waals surface area contributed by atoms with Crippen molar-refractivity contribution in [3.05, 3.63) is 28.6 Å². The number of fused-ring (bicyclic) bond motifs is 1. The molecular formula is C17H17N7O5S3. The van der Waals surface area contributed by atoms with Crippen molar-refractivity contribution in [3.63, 3.8) is 0 Å². The average Bonchev–Trinajstić information content (AvgIpc) is 3.20. The van der Waals surface area contributed by atoms with Crippen molar-refractivity contribution < 1.29 is 24.3 Å². The highest BCUT2D eigenvalue weighted by molar-refractivity contribution is 8.02. The lowest BCUT2D eigenvalue weighted by molar-refractivity contribution is -0.150. The quantitative estimate of drug-likeness (QED) is 0.186. The van der Waals surface area contributed by atoms with Gasteiger partial charge in [-0.1, -0.05) is 5.16 Å². The topological polar surface area (TPSA) is 184 Å². The molecule has 0 radical (unpaired) electrons. The zero-order valence-corrected chi connectivity index (χ0v) is 19.0. The summed E-state index contributed by atoms with van der Waals surface area (Å²) in [5.41, 5.74) is 5.80. The Labute approximate surface area is 194 Å². The number of rotatable bonds is 9. The van der Waals surface area contributed by atoms with E-state index in [2.05, 4.69) is 19.8 Å². The van der Waals surface area contributed by atoms with Gasteiger partial charge in [0.25, 0.3) is 11.8 Å². The van der Waals surface area contributed by atoms with E-state index in [1.165, 1.54) is 34.5 Å². The highest BCUT2D eigenvalue weighted by atomic mass is 32.2. The molecule has 1 fully saturated rings. The number of hydrogen-bond acceptors (Lipinski definition) is 12. The monoisotopic (exact) mass is 495 g/mol. The molecule has 3 rings (SSSR count). The minimum Gasteiger partial charge on any atom is -0.477 e. The standard InChI is InChI=1S/C17H17N7O5S3/c1-2-29-22-9(12-21-17(19)32-23-12)13(25)20-10-14(26)24-11(16(27)28)8(7-31-15(10)24)6-30-5-3-4-18/h3,5,10,15H,2,6-7H2,1H3,(H,20,25)(H,27,28)(H2,19,21,23)/t10?,15-/m0/s1. The number of aromatic nitrogens is 2. The highest BCUT2D eigenvalue weighted by Gasteiger charge is 2.54. The lowest BCUT2D eigenvalue weighted by atomic mass is 10.0. The largest absolute Gasteiger partial charge is 0.477 e. The van der Waals surface area contributed by atoms with Gasteiger partial charge >= 0.3 is 5.97 Å². The van der Waals surface area contributed by atoms with Crippen molar-refractivity contribution >= 4 is 63.7 Å². The fourth-order valence-corrected chi connectivity index (χ4v) is 5.48. The van der Waals surface area contributed by atoms with Gasteiger partial charge in [-0.15, -0.1) is 23.5 Å². The number of amides is 2. The number of hydrogen-bond donors (Lipinski definition) is 3. The normalized spacial score (nSPS) is 20.6. The fraction of sp³-hybridized carbons (Fsp3) is 0.353. The number of carboxylic acids is 1. The van der Waals surface area contributed by atoms with E-state index < -0.39 is 29.2 Å². The van der Waals surface area contributed by atoms with Crippen LogP contribution in [-0.4, -0.2) is 72.4 Å². The summed E-state index contributed by atoms with van der Waals surface area (Å²) in [7, 11) is 0. The van der Waals surface area contributed by atoms with Crippen molar-refractivity contribution in [2.75, 3.05) is 23.8 Å². The third-order valence-electron chi connectivity index (χ3n) is 4.19. The van der Waals surface area contributed by atoms with Crippen molar-refractivity contribution in [2.45, 2.75) is 18.3 Å². The number of carboxylic acid groups (broad SMARTS) is 1. The molecule has 2 atom stereocenters. The third-order valence-corrected chi connectivity index (χ3v) is 6.91. The number of aliphatic carboxylic acids is 1. The molecule has 1 unspecified atom stereocenters. The van der Waals surface area contributed by atoms with Gasteiger partial charge in [-0.3, -0.25) is 14.5 Å². The van der Waals surface area contributed by atoms with E-state index in [0.717, 1.165) is 11.5 Å². The molecule has 2 aliphatic heterocycles. The van der Waals surface area contributed by atoms with E-state index in [-0.39, 0.29) is 29.0 Å². The number of β-lactam (4-membered cyclic amide) rings is 1. The molecule has 2 aliphatic rings. The maximum absolute atomic E-state index is 12.8. The number of nitrogens with zero attached hydrogens (tertiary/aromatic N) is 5. The Hall–Kier alpha value is -3.09. The van der Waals surface area contributed by atoms with Gasteiger partial charge in [0.2, 0.25) is 11.5 Å². The first kappa shape index (κ1) is 23.6. The Balaban J connectivity index is 1.76. The van der Waals surface area contributed by atoms with Crippen molar-refractivity contribution in [3.8, 4) is 6.07 Å². The van der Waals surface area contributed by atoms with Crippen LogP contribution in [0.15, 0.2) is 27.9 Å². The molecule has 0 spiro atoms. The van der Waals surface area contributed by atoms with E-state index in [1.54, 1.807) is 12.3 Å². The molecule has 168 valence electrons. The number of oxime groups is 1. The Morgan fingerprint density at radius 1 is 1.56 bits per heavy atom. The number of nitriles is 1. The molecule has 0 bridgehead atoms. The second-order valence-corrected chi connectivity index (χ2v) is 8.96. The van der Waals surface area contributed by atoms with Gasteiger partial charge in [-0.2, -0.15) is 14.6 Å². The first-order valence-electron chi connectivity index (χ1n) is 9.05. The number of carbonyl (C=O) groups is 3. The summed E-state index contributed by atoms with van der Waals surface area (Å²) in [4.78, 5) is 47.4. The molecule has 1 aromatic heterocycles. The van der Waals surface area contributed by atoms with Crippen LogP contribution in [0.25, 0.3) is 0 Å². The van der Waals surface area contributed by atoms with Gasteiger partial charge in [0, 0.05) is 29.1 Å². The maximum Gasteiger partial charge on any atom is 0.352 e. The number of nitrogen functional groups attached to an aromatic ring is 1. The van der Waals surface area contributed by atoms with E-state index >= 15 is 0 Å². The summed E-state index contributed by atoms with van der Waals surface area (Å²) < 4.78 is 3.95. The molecule has 2 amide bonds. The van der Waals surface area contributed by atoms with E-state index in [0.29, 0.717) is 17.1 Å². The molecule has 1 aromatic rings. The van der Waals surface area contributed by atoms with E-state index in [1.807, 2.05) is 6.07 Å². The summed E-state index contributed by atoms with van der Waals surface area (Å²) in [5.74, 6) is -1.87. The van der Waals surface area contributed by atoms with Crippen LogP contribution in [0.2, 0.25) is 0 Å². The molecule has 15 heteroatoms. The first-order chi connectivity index (χ1) is 15.4. The second-order valence-electron chi connectivity index (χ2n) is 6.17. The molecule has 3 heterocycles. The van der Waals surface area contributed by atoms with Gasteiger partial charge in [-0.05, 0) is 17.9 Å². The summed E-state index contributed by atoms with van der Waals surface area (Å²) in [6.45, 7) is 1.88. The molecule has 4 N–H and O–H groups in total. The first-order valence-corrected chi connectivity index (χ1v) is 11.9. The molecule has 0 aliphatic carbocycles. The number of carbonyl (C=O) groups excluding carboxylic acids is 2. The molecule has 1 saturated heterocycles. The van der Waals surface area contributed by atoms with Crippen molar-refractivity contribution in [1.29, 1.82) is 5.26 Å². The third kappa shape index (κ3) is 4.87. The summed E-state index contributed by atoms with van der Waals surface area (Å²) >= 11 is 3.47. The molecule has 0 saturated carbocycles. The fourth-order valence-electron chi connectivity index (χ4n) is 2.88. The lowest BCUT2D eigenvalue weighted by Crippen LogP contribution is -2.71. The number of anilines is 1. The zero-order valence-electron chi connectivity index (χ0n) is 16.5. The van der Waals surface area contributed by atoms with Crippen LogP contribution in [-0.2, 0) is 19.2 Å². The predicted molar refractivity (Wildman–Crippen MR) is 119 cm³/mol. The van der Waals surface area contributed by atoms with Crippen LogP contribution in [0.3, 0.4) is 0 Å². The number of nitrogens with two attached hydrogens (primary N) is 1. The van der Waals surface area contributed by atoms with Gasteiger partial charge in [0.15, 0.2) is 5.13 Å². The van der Waals surface area contributed by atoms with Crippen LogP contribution in [0.4, 0.5) is 5.13 Å². The van der Waals surface area contributed by atoms with Crippen LogP contribution in [0.1, 0.15) is 12.7 Å². The van der Waals surface area contributed by atoms with Gasteiger partial charge in [-0.25, -0.2) is 4.79 Å².